The molecule has 0 bridgehead atoms. The highest BCUT2D eigenvalue weighted by molar-refractivity contribution is 7.88. The van der Waals surface area contributed by atoms with Gasteiger partial charge in [0.2, 0.25) is 10.0 Å². The SMILES string of the molecule is C[C@@]1(NS(C)(=O)=O)CC2=C(c3ccn(C(F)F)n3)[C@H](c3ccc(F)cc3Cl)N=C(c3nccs3)N2C1.O=C=O. The van der Waals surface area contributed by atoms with Crippen molar-refractivity contribution in [1.82, 2.24) is 24.4 Å². The van der Waals surface area contributed by atoms with E-state index in [9.17, 15) is 21.6 Å². The molecule has 0 aliphatic carbocycles. The molecule has 39 heavy (non-hydrogen) atoms. The summed E-state index contributed by atoms with van der Waals surface area (Å²) in [4.78, 5) is 27.4. The zero-order valence-electron chi connectivity index (χ0n) is 20.3. The minimum absolute atomic E-state index is 0.108. The van der Waals surface area contributed by atoms with Crippen molar-refractivity contribution >= 4 is 50.5 Å². The summed E-state index contributed by atoms with van der Waals surface area (Å²) < 4.78 is 68.2. The van der Waals surface area contributed by atoms with Gasteiger partial charge in [-0.2, -0.15) is 23.5 Å². The van der Waals surface area contributed by atoms with Crippen LogP contribution in [0.15, 0.2) is 52.7 Å². The van der Waals surface area contributed by atoms with Crippen LogP contribution in [0.1, 0.15) is 42.2 Å². The Morgan fingerprint density at radius 2 is 2.00 bits per heavy atom. The normalized spacial score (nSPS) is 20.8. The molecule has 0 amide bonds. The molecule has 2 aliphatic rings. The van der Waals surface area contributed by atoms with Crippen LogP contribution < -0.4 is 4.72 Å². The fourth-order valence-electron chi connectivity index (χ4n) is 4.67. The summed E-state index contributed by atoms with van der Waals surface area (Å²) in [5.74, 6) is -0.0613. The summed E-state index contributed by atoms with van der Waals surface area (Å²) in [5.41, 5.74) is 0.858. The molecular weight excluding hydrogens is 581 g/mol. The fourth-order valence-corrected chi connectivity index (χ4v) is 6.61. The quantitative estimate of drug-likeness (QED) is 0.455. The molecule has 0 radical (unpaired) electrons. The average Bonchev–Trinajstić information content (AvgIpc) is 3.57. The molecule has 3 aromatic rings. The van der Waals surface area contributed by atoms with E-state index >= 15 is 0 Å². The number of carbonyl (C=O) groups excluding carboxylic acids is 2. The third-order valence-corrected chi connectivity index (χ3v) is 7.84. The lowest BCUT2D eigenvalue weighted by atomic mass is 9.91. The number of thiazole rings is 1. The van der Waals surface area contributed by atoms with Crippen LogP contribution in [0, 0.1) is 5.82 Å². The van der Waals surface area contributed by atoms with Crippen LogP contribution >= 0.6 is 22.9 Å². The number of hydrogen-bond acceptors (Lipinski definition) is 9. The van der Waals surface area contributed by atoms with Crippen LogP contribution in [-0.4, -0.2) is 58.4 Å². The summed E-state index contributed by atoms with van der Waals surface area (Å²) in [6, 6.07) is 4.52. The number of nitrogens with one attached hydrogen (secondary N) is 1. The largest absolute Gasteiger partial charge is 0.373 e. The molecular formula is C23H20ClF3N6O4S2. The Morgan fingerprint density at radius 1 is 1.28 bits per heavy atom. The third-order valence-electron chi connectivity index (χ3n) is 5.88. The second-order valence-corrected chi connectivity index (χ2v) is 12.0. The smallest absolute Gasteiger partial charge is 0.326 e. The number of sulfonamides is 1. The van der Waals surface area contributed by atoms with Crippen LogP contribution in [0.5, 0.6) is 0 Å². The van der Waals surface area contributed by atoms with Crippen LogP contribution in [0.2, 0.25) is 5.02 Å². The highest BCUT2D eigenvalue weighted by Crippen LogP contribution is 2.48. The van der Waals surface area contributed by atoms with E-state index in [0.717, 1.165) is 18.5 Å². The summed E-state index contributed by atoms with van der Waals surface area (Å²) in [6.45, 7) is -0.878. The standard InChI is InChI=1S/C22H20ClF3N6O2S2.CO2/c1-22(30-36(2,33)34)10-16-17(15-5-7-32(29-15)21(25)26)18(13-4-3-12(24)9-14(13)23)28-19(31(16)11-22)20-27-6-8-35-20;2-1-3/h3-9,18,21,30H,10-11H2,1-2H3;/t18-,22+;/m0./s1. The Bertz CT molecular complexity index is 1590. The lowest BCUT2D eigenvalue weighted by Gasteiger charge is -2.32. The van der Waals surface area contributed by atoms with Crippen molar-refractivity contribution in [2.24, 2.45) is 4.99 Å². The number of nitrogens with zero attached hydrogens (tertiary/aromatic N) is 5. The number of benzene rings is 1. The van der Waals surface area contributed by atoms with Gasteiger partial charge in [-0.3, -0.25) is 4.99 Å². The first-order chi connectivity index (χ1) is 18.4. The van der Waals surface area contributed by atoms with Crippen LogP contribution in [0.25, 0.3) is 5.57 Å². The van der Waals surface area contributed by atoms with Gasteiger partial charge in [-0.25, -0.2) is 27.2 Å². The van der Waals surface area contributed by atoms with Gasteiger partial charge in [-0.05, 0) is 25.1 Å². The molecule has 1 N–H and O–H groups in total. The second-order valence-electron chi connectivity index (χ2n) is 8.96. The molecule has 5 rings (SSSR count). The van der Waals surface area contributed by atoms with Gasteiger partial charge in [-0.1, -0.05) is 17.7 Å². The Balaban J connectivity index is 0.00000112. The van der Waals surface area contributed by atoms with Gasteiger partial charge >= 0.3 is 12.7 Å². The number of amidine groups is 1. The van der Waals surface area contributed by atoms with Crippen molar-refractivity contribution in [3.63, 3.8) is 0 Å². The van der Waals surface area contributed by atoms with Gasteiger partial charge in [0, 0.05) is 52.6 Å². The first-order valence-electron chi connectivity index (χ1n) is 11.1. The van der Waals surface area contributed by atoms with Gasteiger partial charge in [0.25, 0.3) is 0 Å². The first kappa shape index (κ1) is 28.6. The number of aromatic nitrogens is 3. The van der Waals surface area contributed by atoms with E-state index in [-0.39, 0.29) is 29.8 Å². The molecule has 0 unspecified atom stereocenters. The maximum absolute atomic E-state index is 13.9. The summed E-state index contributed by atoms with van der Waals surface area (Å²) in [7, 11) is -3.58. The monoisotopic (exact) mass is 600 g/mol. The summed E-state index contributed by atoms with van der Waals surface area (Å²) in [6.07, 6.45) is 4.32. The Kier molecular flexibility index (Phi) is 8.09. The highest BCUT2D eigenvalue weighted by Gasteiger charge is 2.46. The zero-order valence-corrected chi connectivity index (χ0v) is 22.7. The van der Waals surface area contributed by atoms with Gasteiger partial charge in [0.15, 0.2) is 10.8 Å². The summed E-state index contributed by atoms with van der Waals surface area (Å²) >= 11 is 7.78. The molecule has 1 fully saturated rings. The predicted molar refractivity (Wildman–Crippen MR) is 136 cm³/mol. The van der Waals surface area contributed by atoms with Crippen molar-refractivity contribution in [1.29, 1.82) is 0 Å². The molecule has 2 atom stereocenters. The molecule has 2 aromatic heterocycles. The zero-order chi connectivity index (χ0) is 28.5. The van der Waals surface area contributed by atoms with Gasteiger partial charge in [0.1, 0.15) is 11.9 Å². The van der Waals surface area contributed by atoms with Crippen molar-refractivity contribution in [3.05, 3.63) is 74.8 Å². The average molecular weight is 601 g/mol. The van der Waals surface area contributed by atoms with E-state index in [1.165, 1.54) is 29.5 Å². The number of alkyl halides is 2. The first-order valence-corrected chi connectivity index (χ1v) is 14.3. The number of aliphatic imine (C=N–C) groups is 1. The summed E-state index contributed by atoms with van der Waals surface area (Å²) in [5, 5.41) is 6.54. The van der Waals surface area contributed by atoms with E-state index in [1.54, 1.807) is 18.5 Å². The van der Waals surface area contributed by atoms with E-state index in [1.807, 2.05) is 4.90 Å². The lowest BCUT2D eigenvalue weighted by molar-refractivity contribution is -0.191. The van der Waals surface area contributed by atoms with Gasteiger partial charge in [0.05, 0.1) is 17.5 Å². The predicted octanol–water partition coefficient (Wildman–Crippen LogP) is 3.87. The molecule has 4 heterocycles. The molecule has 16 heteroatoms. The van der Waals surface area contributed by atoms with Crippen molar-refractivity contribution < 1.29 is 31.2 Å². The van der Waals surface area contributed by atoms with Crippen LogP contribution in [0.4, 0.5) is 13.2 Å². The van der Waals surface area contributed by atoms with Gasteiger partial charge in [-0.15, -0.1) is 11.3 Å². The Morgan fingerprint density at radius 3 is 2.56 bits per heavy atom. The lowest BCUT2D eigenvalue weighted by Crippen LogP contribution is -2.48. The van der Waals surface area contributed by atoms with Crippen molar-refractivity contribution in [2.75, 3.05) is 12.8 Å². The Labute approximate surface area is 229 Å². The molecule has 2 aliphatic heterocycles. The van der Waals surface area contributed by atoms with Crippen LogP contribution in [-0.2, 0) is 19.6 Å². The number of rotatable bonds is 6. The molecule has 10 nitrogen and oxygen atoms in total. The molecule has 1 aromatic carbocycles. The van der Waals surface area contributed by atoms with Crippen molar-refractivity contribution in [2.45, 2.75) is 31.5 Å². The van der Waals surface area contributed by atoms with E-state index in [4.69, 9.17) is 26.2 Å². The topological polar surface area (TPSA) is 127 Å². The Hall–Kier alpha value is -3.36. The maximum Gasteiger partial charge on any atom is 0.373 e. The van der Waals surface area contributed by atoms with Crippen molar-refractivity contribution in [3.8, 4) is 0 Å². The molecule has 1 saturated heterocycles. The highest BCUT2D eigenvalue weighted by atomic mass is 35.5. The maximum atomic E-state index is 13.9. The third kappa shape index (κ3) is 6.12. The fraction of sp³-hybridized carbons (Fsp3) is 0.304. The molecule has 0 spiro atoms. The minimum atomic E-state index is -3.58. The minimum Gasteiger partial charge on any atom is -0.326 e. The number of hydrogen-bond donors (Lipinski definition) is 1. The number of fused-ring (bicyclic) bond motifs is 1. The van der Waals surface area contributed by atoms with Crippen LogP contribution in [0.3, 0.4) is 0 Å². The van der Waals surface area contributed by atoms with E-state index in [0.29, 0.717) is 32.4 Å². The molecule has 0 saturated carbocycles. The number of halogens is 4. The van der Waals surface area contributed by atoms with E-state index < -0.39 is 34.0 Å². The second kappa shape index (κ2) is 11.0. The van der Waals surface area contributed by atoms with Gasteiger partial charge < -0.3 is 4.90 Å². The van der Waals surface area contributed by atoms with E-state index in [2.05, 4.69) is 14.8 Å². The molecule has 206 valence electrons.